The first-order chi connectivity index (χ1) is 8.16. The van der Waals surface area contributed by atoms with E-state index in [1.54, 1.807) is 23.9 Å². The van der Waals surface area contributed by atoms with Crippen molar-refractivity contribution in [3.05, 3.63) is 59.4 Å². The standard InChI is InChI=1S/C14H14FNS/c1-10-11(4-2-7-14(10)16)9-17-13-6-3-5-12(15)8-13/h2-8H,9,16H2,1H3. The molecule has 2 rings (SSSR count). The molecule has 0 bridgehead atoms. The second kappa shape index (κ2) is 5.23. The van der Waals surface area contributed by atoms with Crippen LogP contribution in [0.25, 0.3) is 0 Å². The Balaban J connectivity index is 2.10. The zero-order valence-electron chi connectivity index (χ0n) is 9.61. The molecule has 0 saturated heterocycles. The van der Waals surface area contributed by atoms with E-state index in [1.165, 1.54) is 11.6 Å². The lowest BCUT2D eigenvalue weighted by atomic mass is 10.1. The molecule has 2 N–H and O–H groups in total. The van der Waals surface area contributed by atoms with Crippen LogP contribution in [0.5, 0.6) is 0 Å². The van der Waals surface area contributed by atoms with Gasteiger partial charge in [0.2, 0.25) is 0 Å². The maximum atomic E-state index is 13.0. The van der Waals surface area contributed by atoms with Crippen molar-refractivity contribution in [1.82, 2.24) is 0 Å². The monoisotopic (exact) mass is 247 g/mol. The second-order valence-corrected chi connectivity index (χ2v) is 4.93. The number of halogens is 1. The van der Waals surface area contributed by atoms with Crippen LogP contribution < -0.4 is 5.73 Å². The summed E-state index contributed by atoms with van der Waals surface area (Å²) in [7, 11) is 0. The summed E-state index contributed by atoms with van der Waals surface area (Å²) in [5.41, 5.74) is 8.95. The minimum absolute atomic E-state index is 0.195. The molecule has 0 amide bonds. The predicted octanol–water partition coefficient (Wildman–Crippen LogP) is 4.01. The zero-order valence-corrected chi connectivity index (χ0v) is 10.4. The topological polar surface area (TPSA) is 26.0 Å². The molecule has 0 aliphatic heterocycles. The van der Waals surface area contributed by atoms with E-state index in [0.717, 1.165) is 21.9 Å². The lowest BCUT2D eigenvalue weighted by molar-refractivity contribution is 0.624. The van der Waals surface area contributed by atoms with Gasteiger partial charge in [0, 0.05) is 16.3 Å². The van der Waals surface area contributed by atoms with Crippen LogP contribution in [0.15, 0.2) is 47.4 Å². The van der Waals surface area contributed by atoms with Crippen LogP contribution in [0.4, 0.5) is 10.1 Å². The van der Waals surface area contributed by atoms with E-state index in [2.05, 4.69) is 6.07 Å². The number of nitrogen functional groups attached to an aromatic ring is 1. The molecule has 0 aliphatic carbocycles. The van der Waals surface area contributed by atoms with Crippen LogP contribution in [-0.4, -0.2) is 0 Å². The molecule has 0 atom stereocenters. The Morgan fingerprint density at radius 2 is 1.94 bits per heavy atom. The first-order valence-electron chi connectivity index (χ1n) is 5.39. The van der Waals surface area contributed by atoms with Crippen molar-refractivity contribution in [3.8, 4) is 0 Å². The molecule has 88 valence electrons. The Morgan fingerprint density at radius 1 is 1.18 bits per heavy atom. The highest BCUT2D eigenvalue weighted by molar-refractivity contribution is 7.98. The normalized spacial score (nSPS) is 10.5. The Bertz CT molecular complexity index is 525. The molecule has 0 spiro atoms. The third kappa shape index (κ3) is 3.01. The summed E-state index contributed by atoms with van der Waals surface area (Å²) in [5, 5.41) is 0. The second-order valence-electron chi connectivity index (χ2n) is 3.88. The summed E-state index contributed by atoms with van der Waals surface area (Å²) in [6.45, 7) is 2.01. The smallest absolute Gasteiger partial charge is 0.124 e. The molecule has 2 aromatic rings. The van der Waals surface area contributed by atoms with Crippen molar-refractivity contribution < 1.29 is 4.39 Å². The van der Waals surface area contributed by atoms with Gasteiger partial charge in [-0.3, -0.25) is 0 Å². The summed E-state index contributed by atoms with van der Waals surface area (Å²) in [5.74, 6) is 0.611. The molecule has 17 heavy (non-hydrogen) atoms. The van der Waals surface area contributed by atoms with Gasteiger partial charge in [-0.25, -0.2) is 4.39 Å². The largest absolute Gasteiger partial charge is 0.399 e. The summed E-state index contributed by atoms with van der Waals surface area (Å²) in [4.78, 5) is 0.937. The summed E-state index contributed by atoms with van der Waals surface area (Å²) in [6, 6.07) is 12.5. The van der Waals surface area contributed by atoms with E-state index in [1.807, 2.05) is 25.1 Å². The van der Waals surface area contributed by atoms with E-state index in [9.17, 15) is 4.39 Å². The Hall–Kier alpha value is -1.48. The van der Waals surface area contributed by atoms with Crippen molar-refractivity contribution in [2.75, 3.05) is 5.73 Å². The highest BCUT2D eigenvalue weighted by Crippen LogP contribution is 2.26. The molecule has 0 heterocycles. The average Bonchev–Trinajstić information content (AvgIpc) is 2.31. The maximum Gasteiger partial charge on any atom is 0.124 e. The van der Waals surface area contributed by atoms with Gasteiger partial charge in [0.1, 0.15) is 5.82 Å². The average molecular weight is 247 g/mol. The third-order valence-electron chi connectivity index (χ3n) is 2.68. The van der Waals surface area contributed by atoms with Gasteiger partial charge >= 0.3 is 0 Å². The molecule has 0 saturated carbocycles. The number of benzene rings is 2. The fraction of sp³-hybridized carbons (Fsp3) is 0.143. The van der Waals surface area contributed by atoms with Crippen LogP contribution in [-0.2, 0) is 5.75 Å². The van der Waals surface area contributed by atoms with E-state index in [0.29, 0.717) is 0 Å². The first kappa shape index (κ1) is 12.0. The van der Waals surface area contributed by atoms with E-state index >= 15 is 0 Å². The van der Waals surface area contributed by atoms with Gasteiger partial charge in [-0.15, -0.1) is 11.8 Å². The number of rotatable bonds is 3. The van der Waals surface area contributed by atoms with Gasteiger partial charge in [-0.1, -0.05) is 18.2 Å². The van der Waals surface area contributed by atoms with Gasteiger partial charge < -0.3 is 5.73 Å². The molecular formula is C14H14FNS. The van der Waals surface area contributed by atoms with Gasteiger partial charge in [-0.2, -0.15) is 0 Å². The highest BCUT2D eigenvalue weighted by Gasteiger charge is 2.02. The molecule has 1 nitrogen and oxygen atoms in total. The predicted molar refractivity (Wildman–Crippen MR) is 71.6 cm³/mol. The molecule has 2 aromatic carbocycles. The molecule has 3 heteroatoms. The number of thioether (sulfide) groups is 1. The molecule has 0 radical (unpaired) electrons. The quantitative estimate of drug-likeness (QED) is 0.655. The lowest BCUT2D eigenvalue weighted by Gasteiger charge is -2.08. The fourth-order valence-corrected chi connectivity index (χ4v) is 2.58. The van der Waals surface area contributed by atoms with E-state index < -0.39 is 0 Å². The van der Waals surface area contributed by atoms with Crippen LogP contribution in [0.2, 0.25) is 0 Å². The minimum atomic E-state index is -0.195. The van der Waals surface area contributed by atoms with Crippen molar-refractivity contribution in [2.45, 2.75) is 17.6 Å². The molecular weight excluding hydrogens is 233 g/mol. The Labute approximate surface area is 105 Å². The van der Waals surface area contributed by atoms with Crippen molar-refractivity contribution >= 4 is 17.4 Å². The Kier molecular flexibility index (Phi) is 3.69. The van der Waals surface area contributed by atoms with Crippen molar-refractivity contribution in [3.63, 3.8) is 0 Å². The summed E-state index contributed by atoms with van der Waals surface area (Å²) >= 11 is 1.61. The minimum Gasteiger partial charge on any atom is -0.399 e. The molecule has 0 fully saturated rings. The zero-order chi connectivity index (χ0) is 12.3. The van der Waals surface area contributed by atoms with Gasteiger partial charge in [-0.05, 0) is 42.3 Å². The van der Waals surface area contributed by atoms with Crippen molar-refractivity contribution in [2.24, 2.45) is 0 Å². The van der Waals surface area contributed by atoms with Gasteiger partial charge in [0.15, 0.2) is 0 Å². The maximum absolute atomic E-state index is 13.0. The van der Waals surface area contributed by atoms with Crippen molar-refractivity contribution in [1.29, 1.82) is 0 Å². The number of hydrogen-bond donors (Lipinski definition) is 1. The summed E-state index contributed by atoms with van der Waals surface area (Å²) in [6.07, 6.45) is 0. The molecule has 0 aromatic heterocycles. The number of nitrogens with two attached hydrogens (primary N) is 1. The fourth-order valence-electron chi connectivity index (χ4n) is 1.58. The number of hydrogen-bond acceptors (Lipinski definition) is 2. The van der Waals surface area contributed by atoms with E-state index in [4.69, 9.17) is 5.73 Å². The van der Waals surface area contributed by atoms with Gasteiger partial charge in [0.25, 0.3) is 0 Å². The van der Waals surface area contributed by atoms with Gasteiger partial charge in [0.05, 0.1) is 0 Å². The number of anilines is 1. The van der Waals surface area contributed by atoms with Crippen LogP contribution in [0, 0.1) is 12.7 Å². The lowest BCUT2D eigenvalue weighted by Crippen LogP contribution is -1.93. The van der Waals surface area contributed by atoms with Crippen LogP contribution in [0.3, 0.4) is 0 Å². The van der Waals surface area contributed by atoms with E-state index in [-0.39, 0.29) is 5.82 Å². The molecule has 0 unspecified atom stereocenters. The van der Waals surface area contributed by atoms with Crippen LogP contribution in [0.1, 0.15) is 11.1 Å². The third-order valence-corrected chi connectivity index (χ3v) is 3.72. The Morgan fingerprint density at radius 3 is 2.71 bits per heavy atom. The SMILES string of the molecule is Cc1c(N)cccc1CSc1cccc(F)c1. The molecule has 0 aliphatic rings. The van der Waals surface area contributed by atoms with Crippen LogP contribution >= 0.6 is 11.8 Å². The summed E-state index contributed by atoms with van der Waals surface area (Å²) < 4.78 is 13.0. The first-order valence-corrected chi connectivity index (χ1v) is 6.37. The highest BCUT2D eigenvalue weighted by atomic mass is 32.2.